The van der Waals surface area contributed by atoms with Gasteiger partial charge in [0.1, 0.15) is 17.3 Å². The lowest BCUT2D eigenvalue weighted by atomic mass is 10.1. The smallest absolute Gasteiger partial charge is 0.262 e. The van der Waals surface area contributed by atoms with Crippen molar-refractivity contribution in [3.8, 4) is 6.07 Å². The molecule has 0 bridgehead atoms. The van der Waals surface area contributed by atoms with Crippen molar-refractivity contribution in [2.24, 2.45) is 0 Å². The molecule has 0 radical (unpaired) electrons. The Balaban J connectivity index is 1.78. The number of nitriles is 1. The molecule has 3 aromatic rings. The van der Waals surface area contributed by atoms with Crippen molar-refractivity contribution >= 4 is 28.7 Å². The van der Waals surface area contributed by atoms with Gasteiger partial charge in [-0.1, -0.05) is 12.1 Å². The maximum atomic E-state index is 12.2. The summed E-state index contributed by atoms with van der Waals surface area (Å²) in [6.07, 6.45) is 4.95. The van der Waals surface area contributed by atoms with Gasteiger partial charge in [-0.15, -0.1) is 0 Å². The number of amides is 1. The highest BCUT2D eigenvalue weighted by atomic mass is 16.1. The number of fused-ring (bicyclic) bond motifs is 1. The summed E-state index contributed by atoms with van der Waals surface area (Å²) in [5.74, 6) is -0.432. The van der Waals surface area contributed by atoms with E-state index in [4.69, 9.17) is 5.73 Å². The number of nitrogen functional groups attached to an aromatic ring is 1. The van der Waals surface area contributed by atoms with Gasteiger partial charge in [-0.3, -0.25) is 4.79 Å². The molecule has 1 amide bonds. The molecule has 118 valence electrons. The number of hydrogen-bond acceptors (Lipinski definition) is 4. The molecule has 4 N–H and O–H groups in total. The molecule has 0 unspecified atom stereocenters. The van der Waals surface area contributed by atoms with Gasteiger partial charge in [0.25, 0.3) is 5.91 Å². The van der Waals surface area contributed by atoms with Crippen LogP contribution in [-0.4, -0.2) is 15.9 Å². The van der Waals surface area contributed by atoms with E-state index in [1.807, 2.05) is 24.3 Å². The van der Waals surface area contributed by atoms with Crippen LogP contribution in [-0.2, 0) is 11.3 Å². The van der Waals surface area contributed by atoms with E-state index in [9.17, 15) is 10.1 Å². The standard InChI is InChI=1S/C18H15N5O/c19-9-13(8-14-11-22-17-16(14)5-2-6-21-17)18(24)23-10-12-3-1-4-15(20)7-12/h1-8,11H,10,20H2,(H,21,22)(H,23,24)/b13-8+. The molecule has 2 aromatic heterocycles. The summed E-state index contributed by atoms with van der Waals surface area (Å²) in [7, 11) is 0. The van der Waals surface area contributed by atoms with Gasteiger partial charge in [-0.2, -0.15) is 5.26 Å². The van der Waals surface area contributed by atoms with E-state index in [0.29, 0.717) is 17.9 Å². The van der Waals surface area contributed by atoms with Crippen LogP contribution in [0.2, 0.25) is 0 Å². The van der Waals surface area contributed by atoms with Crippen LogP contribution >= 0.6 is 0 Å². The van der Waals surface area contributed by atoms with Gasteiger partial charge >= 0.3 is 0 Å². The predicted octanol–water partition coefficient (Wildman–Crippen LogP) is 2.37. The number of benzene rings is 1. The van der Waals surface area contributed by atoms with Crippen LogP contribution in [0.25, 0.3) is 17.1 Å². The second-order valence-electron chi connectivity index (χ2n) is 5.24. The topological polar surface area (TPSA) is 108 Å². The van der Waals surface area contributed by atoms with Crippen LogP contribution < -0.4 is 11.1 Å². The van der Waals surface area contributed by atoms with Crippen LogP contribution in [0.3, 0.4) is 0 Å². The number of rotatable bonds is 4. The average molecular weight is 317 g/mol. The zero-order valence-corrected chi connectivity index (χ0v) is 12.8. The minimum absolute atomic E-state index is 0.0312. The fraction of sp³-hybridized carbons (Fsp3) is 0.0556. The highest BCUT2D eigenvalue weighted by molar-refractivity contribution is 6.03. The monoisotopic (exact) mass is 317 g/mol. The molecule has 0 atom stereocenters. The Kier molecular flexibility index (Phi) is 4.25. The maximum Gasteiger partial charge on any atom is 0.262 e. The highest BCUT2D eigenvalue weighted by Crippen LogP contribution is 2.18. The molecule has 0 aliphatic carbocycles. The van der Waals surface area contributed by atoms with E-state index >= 15 is 0 Å². The Morgan fingerprint density at radius 2 is 2.25 bits per heavy atom. The lowest BCUT2D eigenvalue weighted by Gasteiger charge is -2.05. The van der Waals surface area contributed by atoms with Crippen molar-refractivity contribution < 1.29 is 4.79 Å². The van der Waals surface area contributed by atoms with Crippen molar-refractivity contribution in [1.29, 1.82) is 5.26 Å². The second kappa shape index (κ2) is 6.67. The number of aromatic nitrogens is 2. The van der Waals surface area contributed by atoms with Gasteiger partial charge in [0.05, 0.1) is 0 Å². The van der Waals surface area contributed by atoms with Crippen LogP contribution in [0.4, 0.5) is 5.69 Å². The largest absolute Gasteiger partial charge is 0.399 e. The SMILES string of the molecule is N#C/C(=C\c1c[nH]c2ncccc12)C(=O)NCc1cccc(N)c1. The molecule has 6 nitrogen and oxygen atoms in total. The van der Waals surface area contributed by atoms with Crippen LogP contribution in [0, 0.1) is 11.3 Å². The van der Waals surface area contributed by atoms with Gasteiger partial charge in [-0.05, 0) is 35.9 Å². The molecule has 6 heteroatoms. The molecular weight excluding hydrogens is 302 g/mol. The molecule has 0 spiro atoms. The van der Waals surface area contributed by atoms with Gasteiger partial charge in [0, 0.05) is 35.6 Å². The normalized spacial score (nSPS) is 11.2. The quantitative estimate of drug-likeness (QED) is 0.390. The van der Waals surface area contributed by atoms with Crippen LogP contribution in [0.1, 0.15) is 11.1 Å². The number of H-pyrrole nitrogens is 1. The Bertz CT molecular complexity index is 965. The summed E-state index contributed by atoms with van der Waals surface area (Å²) >= 11 is 0. The first-order valence-electron chi connectivity index (χ1n) is 7.34. The first-order chi connectivity index (χ1) is 11.7. The van der Waals surface area contributed by atoms with E-state index in [1.54, 1.807) is 36.7 Å². The van der Waals surface area contributed by atoms with Crippen molar-refractivity contribution in [2.75, 3.05) is 5.73 Å². The number of anilines is 1. The predicted molar refractivity (Wildman–Crippen MR) is 92.4 cm³/mol. The number of aromatic amines is 1. The summed E-state index contributed by atoms with van der Waals surface area (Å²) in [5.41, 5.74) is 8.69. The summed E-state index contributed by atoms with van der Waals surface area (Å²) in [6, 6.07) is 12.9. The summed E-state index contributed by atoms with van der Waals surface area (Å²) < 4.78 is 0. The maximum absolute atomic E-state index is 12.2. The Morgan fingerprint density at radius 3 is 3.04 bits per heavy atom. The van der Waals surface area contributed by atoms with Gasteiger partial charge in [0.15, 0.2) is 0 Å². The van der Waals surface area contributed by atoms with Crippen molar-refractivity contribution in [1.82, 2.24) is 15.3 Å². The minimum Gasteiger partial charge on any atom is -0.399 e. The van der Waals surface area contributed by atoms with E-state index in [0.717, 1.165) is 16.5 Å². The molecule has 1 aromatic carbocycles. The summed E-state index contributed by atoms with van der Waals surface area (Å²) in [6.45, 7) is 0.304. The molecule has 0 fully saturated rings. The van der Waals surface area contributed by atoms with Gasteiger partial charge < -0.3 is 16.0 Å². The first-order valence-corrected chi connectivity index (χ1v) is 7.34. The van der Waals surface area contributed by atoms with E-state index in [1.165, 1.54) is 0 Å². The molecule has 0 aliphatic heterocycles. The lowest BCUT2D eigenvalue weighted by Crippen LogP contribution is -2.24. The number of carbonyl (C=O) groups excluding carboxylic acids is 1. The zero-order chi connectivity index (χ0) is 16.9. The Hall–Kier alpha value is -3.59. The van der Waals surface area contributed by atoms with Gasteiger partial charge in [-0.25, -0.2) is 4.98 Å². The number of hydrogen-bond donors (Lipinski definition) is 3. The third kappa shape index (κ3) is 3.25. The van der Waals surface area contributed by atoms with Gasteiger partial charge in [0.2, 0.25) is 0 Å². The van der Waals surface area contributed by atoms with Crippen molar-refractivity contribution in [3.05, 3.63) is 65.5 Å². The third-order valence-corrected chi connectivity index (χ3v) is 3.55. The zero-order valence-electron chi connectivity index (χ0n) is 12.8. The lowest BCUT2D eigenvalue weighted by molar-refractivity contribution is -0.117. The molecule has 3 rings (SSSR count). The third-order valence-electron chi connectivity index (χ3n) is 3.55. The molecule has 0 saturated carbocycles. The molecule has 0 aliphatic rings. The molecular formula is C18H15N5O. The average Bonchev–Trinajstić information content (AvgIpc) is 3.00. The Labute approximate surface area is 138 Å². The minimum atomic E-state index is -0.432. The van der Waals surface area contributed by atoms with E-state index in [2.05, 4.69) is 15.3 Å². The van der Waals surface area contributed by atoms with E-state index in [-0.39, 0.29) is 5.57 Å². The number of pyridine rings is 1. The second-order valence-corrected chi connectivity index (χ2v) is 5.24. The fourth-order valence-electron chi connectivity index (χ4n) is 2.38. The number of nitrogens with two attached hydrogens (primary N) is 1. The van der Waals surface area contributed by atoms with Crippen molar-refractivity contribution in [3.63, 3.8) is 0 Å². The fourth-order valence-corrected chi connectivity index (χ4v) is 2.38. The Morgan fingerprint density at radius 1 is 1.38 bits per heavy atom. The van der Waals surface area contributed by atoms with Crippen LogP contribution in [0.5, 0.6) is 0 Å². The molecule has 24 heavy (non-hydrogen) atoms. The number of nitrogens with zero attached hydrogens (tertiary/aromatic N) is 2. The first kappa shape index (κ1) is 15.3. The highest BCUT2D eigenvalue weighted by Gasteiger charge is 2.10. The summed E-state index contributed by atoms with van der Waals surface area (Å²) in [4.78, 5) is 19.4. The molecule has 2 heterocycles. The van der Waals surface area contributed by atoms with Crippen LogP contribution in [0.15, 0.2) is 54.4 Å². The number of carbonyl (C=O) groups is 1. The van der Waals surface area contributed by atoms with E-state index < -0.39 is 5.91 Å². The number of nitrogens with one attached hydrogen (secondary N) is 2. The molecule has 0 saturated heterocycles. The summed E-state index contributed by atoms with van der Waals surface area (Å²) in [5, 5.41) is 12.9. The van der Waals surface area contributed by atoms with Crippen molar-refractivity contribution in [2.45, 2.75) is 6.54 Å².